The molecule has 0 spiro atoms. The van der Waals surface area contributed by atoms with Crippen molar-refractivity contribution in [2.75, 3.05) is 10.7 Å². The molecule has 1 unspecified atom stereocenters. The summed E-state index contributed by atoms with van der Waals surface area (Å²) in [5.74, 6) is 2.00. The van der Waals surface area contributed by atoms with Gasteiger partial charge in [-0.15, -0.1) is 11.8 Å². The van der Waals surface area contributed by atoms with Gasteiger partial charge in [0.05, 0.1) is 5.75 Å². The van der Waals surface area contributed by atoms with Crippen LogP contribution in [0.3, 0.4) is 0 Å². The Morgan fingerprint density at radius 1 is 0.967 bits per heavy atom. The van der Waals surface area contributed by atoms with E-state index in [4.69, 9.17) is 9.47 Å². The molecule has 0 bridgehead atoms. The monoisotopic (exact) mass is 419 g/mol. The van der Waals surface area contributed by atoms with Crippen LogP contribution in [0.25, 0.3) is 0 Å². The van der Waals surface area contributed by atoms with E-state index in [2.05, 4.69) is 0 Å². The molecule has 30 heavy (non-hydrogen) atoms. The largest absolute Gasteiger partial charge is 0.457 e. The Morgan fingerprint density at radius 2 is 1.63 bits per heavy atom. The van der Waals surface area contributed by atoms with E-state index in [0.717, 1.165) is 17.0 Å². The standard InChI is InChI=1S/C24H21NO4S/c1-16-6-10-20(11-7-16)29-21-12-8-19(9-13-21)25-23(27)15-30-24(25)18-4-3-5-22(14-18)28-17(2)26/h3-14,24H,15H2,1-2H3. The fraction of sp³-hybridized carbons (Fsp3) is 0.167. The van der Waals surface area contributed by atoms with E-state index in [-0.39, 0.29) is 17.3 Å². The number of esters is 1. The predicted molar refractivity (Wildman–Crippen MR) is 118 cm³/mol. The lowest BCUT2D eigenvalue weighted by Crippen LogP contribution is -2.27. The van der Waals surface area contributed by atoms with Crippen LogP contribution in [0.15, 0.2) is 72.8 Å². The summed E-state index contributed by atoms with van der Waals surface area (Å²) in [5.41, 5.74) is 2.88. The van der Waals surface area contributed by atoms with Crippen LogP contribution in [0.5, 0.6) is 17.2 Å². The number of amides is 1. The van der Waals surface area contributed by atoms with Crippen molar-refractivity contribution in [2.24, 2.45) is 0 Å². The molecule has 1 fully saturated rings. The number of carbonyl (C=O) groups is 2. The maximum atomic E-state index is 12.6. The van der Waals surface area contributed by atoms with Crippen LogP contribution in [0.4, 0.5) is 5.69 Å². The zero-order chi connectivity index (χ0) is 21.1. The molecule has 3 aromatic rings. The van der Waals surface area contributed by atoms with E-state index in [1.165, 1.54) is 12.5 Å². The molecule has 6 heteroatoms. The van der Waals surface area contributed by atoms with E-state index in [9.17, 15) is 9.59 Å². The van der Waals surface area contributed by atoms with Gasteiger partial charge in [-0.05, 0) is 61.0 Å². The first-order chi connectivity index (χ1) is 14.5. The smallest absolute Gasteiger partial charge is 0.308 e. The van der Waals surface area contributed by atoms with Crippen molar-refractivity contribution in [3.63, 3.8) is 0 Å². The van der Waals surface area contributed by atoms with Crippen LogP contribution in [0, 0.1) is 6.92 Å². The molecule has 1 saturated heterocycles. The van der Waals surface area contributed by atoms with Crippen molar-refractivity contribution in [3.8, 4) is 17.2 Å². The van der Waals surface area contributed by atoms with Crippen molar-refractivity contribution in [2.45, 2.75) is 19.2 Å². The number of anilines is 1. The topological polar surface area (TPSA) is 55.8 Å². The zero-order valence-corrected chi connectivity index (χ0v) is 17.5. The highest BCUT2D eigenvalue weighted by atomic mass is 32.2. The highest BCUT2D eigenvalue weighted by Gasteiger charge is 2.34. The quantitative estimate of drug-likeness (QED) is 0.404. The minimum Gasteiger partial charge on any atom is -0.457 e. The van der Waals surface area contributed by atoms with Gasteiger partial charge >= 0.3 is 5.97 Å². The lowest BCUT2D eigenvalue weighted by atomic mass is 10.1. The van der Waals surface area contributed by atoms with Gasteiger partial charge < -0.3 is 9.47 Å². The van der Waals surface area contributed by atoms with Gasteiger partial charge in [0.15, 0.2) is 0 Å². The average Bonchev–Trinajstić information content (AvgIpc) is 3.11. The number of aryl methyl sites for hydroxylation is 1. The summed E-state index contributed by atoms with van der Waals surface area (Å²) in [6, 6.07) is 22.6. The van der Waals surface area contributed by atoms with Crippen LogP contribution in [-0.2, 0) is 9.59 Å². The predicted octanol–water partition coefficient (Wildman–Crippen LogP) is 5.49. The van der Waals surface area contributed by atoms with Crippen LogP contribution >= 0.6 is 11.8 Å². The third kappa shape index (κ3) is 4.49. The molecule has 1 aliphatic rings. The van der Waals surface area contributed by atoms with Crippen molar-refractivity contribution < 1.29 is 19.1 Å². The van der Waals surface area contributed by atoms with Gasteiger partial charge in [0.2, 0.25) is 5.91 Å². The summed E-state index contributed by atoms with van der Waals surface area (Å²) >= 11 is 1.55. The number of thioether (sulfide) groups is 1. The molecule has 3 aromatic carbocycles. The van der Waals surface area contributed by atoms with Gasteiger partial charge in [0.1, 0.15) is 22.6 Å². The number of hydrogen-bond acceptors (Lipinski definition) is 5. The van der Waals surface area contributed by atoms with Crippen molar-refractivity contribution in [3.05, 3.63) is 83.9 Å². The van der Waals surface area contributed by atoms with Crippen molar-refractivity contribution in [1.82, 2.24) is 0 Å². The van der Waals surface area contributed by atoms with Crippen molar-refractivity contribution >= 4 is 29.3 Å². The Kier molecular flexibility index (Phi) is 5.77. The Morgan fingerprint density at radius 3 is 2.30 bits per heavy atom. The molecule has 4 rings (SSSR count). The van der Waals surface area contributed by atoms with E-state index < -0.39 is 0 Å². The second-order valence-corrected chi connectivity index (χ2v) is 8.07. The molecule has 0 aliphatic carbocycles. The van der Waals surface area contributed by atoms with Gasteiger partial charge in [0, 0.05) is 12.6 Å². The average molecular weight is 420 g/mol. The lowest BCUT2D eigenvalue weighted by Gasteiger charge is -2.24. The molecule has 0 aromatic heterocycles. The molecule has 1 amide bonds. The van der Waals surface area contributed by atoms with Crippen LogP contribution in [-0.4, -0.2) is 17.6 Å². The molecule has 1 atom stereocenters. The normalized spacial score (nSPS) is 15.9. The van der Waals surface area contributed by atoms with E-state index in [1.54, 1.807) is 28.8 Å². The van der Waals surface area contributed by atoms with Gasteiger partial charge in [-0.3, -0.25) is 14.5 Å². The number of carbonyl (C=O) groups excluding carboxylic acids is 2. The minimum absolute atomic E-state index is 0.0371. The Balaban J connectivity index is 1.55. The molecule has 0 saturated carbocycles. The number of ether oxygens (including phenoxy) is 2. The SMILES string of the molecule is CC(=O)Oc1cccc(C2SCC(=O)N2c2ccc(Oc3ccc(C)cc3)cc2)c1. The molecule has 0 radical (unpaired) electrons. The summed E-state index contributed by atoms with van der Waals surface area (Å²) in [5, 5.41) is -0.183. The Bertz CT molecular complexity index is 1060. The first kappa shape index (κ1) is 20.0. The molecule has 1 aliphatic heterocycles. The molecule has 0 N–H and O–H groups in total. The molecular formula is C24H21NO4S. The molecule has 1 heterocycles. The summed E-state index contributed by atoms with van der Waals surface area (Å²) in [6.45, 7) is 3.40. The number of benzene rings is 3. The second-order valence-electron chi connectivity index (χ2n) is 7.00. The van der Waals surface area contributed by atoms with Crippen LogP contribution < -0.4 is 14.4 Å². The third-order valence-electron chi connectivity index (χ3n) is 4.64. The first-order valence-corrected chi connectivity index (χ1v) is 10.6. The maximum Gasteiger partial charge on any atom is 0.308 e. The van der Waals surface area contributed by atoms with Crippen LogP contribution in [0.2, 0.25) is 0 Å². The summed E-state index contributed by atoms with van der Waals surface area (Å²) < 4.78 is 11.1. The summed E-state index contributed by atoms with van der Waals surface area (Å²) in [6.07, 6.45) is 0. The maximum absolute atomic E-state index is 12.6. The van der Waals surface area contributed by atoms with Crippen LogP contribution in [0.1, 0.15) is 23.4 Å². The third-order valence-corrected chi connectivity index (χ3v) is 5.86. The van der Waals surface area contributed by atoms with Gasteiger partial charge in [0.25, 0.3) is 0 Å². The fourth-order valence-electron chi connectivity index (χ4n) is 3.26. The number of rotatable bonds is 5. The minimum atomic E-state index is -0.372. The highest BCUT2D eigenvalue weighted by Crippen LogP contribution is 2.42. The Labute approximate surface area is 179 Å². The Hall–Kier alpha value is -3.25. The summed E-state index contributed by atoms with van der Waals surface area (Å²) in [4.78, 5) is 25.6. The molecular weight excluding hydrogens is 398 g/mol. The second kappa shape index (κ2) is 8.63. The lowest BCUT2D eigenvalue weighted by molar-refractivity contribution is -0.131. The fourth-order valence-corrected chi connectivity index (χ4v) is 4.43. The molecule has 152 valence electrons. The van der Waals surface area contributed by atoms with E-state index in [0.29, 0.717) is 17.3 Å². The number of hydrogen-bond donors (Lipinski definition) is 0. The summed E-state index contributed by atoms with van der Waals surface area (Å²) in [7, 11) is 0. The first-order valence-electron chi connectivity index (χ1n) is 9.56. The highest BCUT2D eigenvalue weighted by molar-refractivity contribution is 8.00. The number of nitrogens with zero attached hydrogens (tertiary/aromatic N) is 1. The van der Waals surface area contributed by atoms with Gasteiger partial charge in [-0.1, -0.05) is 29.8 Å². The van der Waals surface area contributed by atoms with E-state index in [1.807, 2.05) is 67.6 Å². The van der Waals surface area contributed by atoms with Crippen molar-refractivity contribution in [1.29, 1.82) is 0 Å². The van der Waals surface area contributed by atoms with Gasteiger partial charge in [-0.25, -0.2) is 0 Å². The zero-order valence-electron chi connectivity index (χ0n) is 16.7. The molecule has 5 nitrogen and oxygen atoms in total. The van der Waals surface area contributed by atoms with E-state index >= 15 is 0 Å². The van der Waals surface area contributed by atoms with Gasteiger partial charge in [-0.2, -0.15) is 0 Å².